The van der Waals surface area contributed by atoms with E-state index in [4.69, 9.17) is 0 Å². The molecule has 0 fully saturated rings. The number of nitrogens with zero attached hydrogens (tertiary/aromatic N) is 1. The van der Waals surface area contributed by atoms with Crippen molar-refractivity contribution in [3.63, 3.8) is 0 Å². The molecule has 0 spiro atoms. The van der Waals surface area contributed by atoms with Gasteiger partial charge in [-0.1, -0.05) is 6.07 Å². The number of benzene rings is 2. The molecule has 124 valence electrons. The summed E-state index contributed by atoms with van der Waals surface area (Å²) in [6.45, 7) is 0. The second-order valence-corrected chi connectivity index (χ2v) is 5.44. The number of para-hydroxylation sites is 1. The normalized spacial score (nSPS) is 11.2. The van der Waals surface area contributed by atoms with Crippen molar-refractivity contribution in [3.05, 3.63) is 76.5 Å². The first-order chi connectivity index (χ1) is 12.0. The fraction of sp³-hybridized carbons (Fsp3) is 0. The lowest BCUT2D eigenvalue weighted by atomic mass is 10.1. The zero-order chi connectivity index (χ0) is 17.6. The van der Waals surface area contributed by atoms with Crippen LogP contribution in [0.5, 0.6) is 0 Å². The maximum absolute atomic E-state index is 13.9. The Kier molecular flexibility index (Phi) is 3.42. The van der Waals surface area contributed by atoms with Crippen LogP contribution >= 0.6 is 0 Å². The van der Waals surface area contributed by atoms with Crippen LogP contribution in [-0.4, -0.2) is 9.97 Å². The number of pyridine rings is 2. The monoisotopic (exact) mass is 341 g/mol. The molecule has 4 nitrogen and oxygen atoms in total. The third kappa shape index (κ3) is 2.50. The van der Waals surface area contributed by atoms with Crippen molar-refractivity contribution < 1.29 is 13.2 Å². The van der Waals surface area contributed by atoms with E-state index >= 15 is 0 Å². The number of fused-ring (bicyclic) bond motifs is 3. The molecule has 0 bridgehead atoms. The maximum atomic E-state index is 13.9. The number of hydrogen-bond donors (Lipinski definition) is 2. The predicted octanol–water partition coefficient (Wildman–Crippen LogP) is 4.24. The molecule has 0 amide bonds. The standard InChI is InChI=1S/C18H10F3N3O/c19-9-4-5-10-11(8-9)15-14(6-7-22-18(15)25)23-17(10)24-16-12(20)2-1-3-13(16)21/h1-8H,(H,22,25)(H,23,24). The van der Waals surface area contributed by atoms with Gasteiger partial charge in [-0.05, 0) is 36.4 Å². The topological polar surface area (TPSA) is 57.8 Å². The van der Waals surface area contributed by atoms with E-state index in [1.165, 1.54) is 36.5 Å². The summed E-state index contributed by atoms with van der Waals surface area (Å²) in [5, 5.41) is 3.49. The van der Waals surface area contributed by atoms with Crippen molar-refractivity contribution in [3.8, 4) is 0 Å². The van der Waals surface area contributed by atoms with Gasteiger partial charge in [-0.15, -0.1) is 0 Å². The molecule has 0 unspecified atom stereocenters. The molecule has 0 aliphatic heterocycles. The van der Waals surface area contributed by atoms with Crippen LogP contribution in [0.3, 0.4) is 0 Å². The lowest BCUT2D eigenvalue weighted by Crippen LogP contribution is -2.08. The third-order valence-corrected chi connectivity index (χ3v) is 3.88. The van der Waals surface area contributed by atoms with Crippen molar-refractivity contribution in [2.75, 3.05) is 5.32 Å². The highest BCUT2D eigenvalue weighted by molar-refractivity contribution is 6.10. The van der Waals surface area contributed by atoms with Crippen molar-refractivity contribution in [1.29, 1.82) is 0 Å². The van der Waals surface area contributed by atoms with Crippen molar-refractivity contribution in [1.82, 2.24) is 9.97 Å². The van der Waals surface area contributed by atoms with Gasteiger partial charge >= 0.3 is 0 Å². The number of nitrogens with one attached hydrogen (secondary N) is 2. The predicted molar refractivity (Wildman–Crippen MR) is 89.5 cm³/mol. The molecule has 0 aliphatic carbocycles. The minimum absolute atomic E-state index is 0.122. The molecule has 2 N–H and O–H groups in total. The first kappa shape index (κ1) is 15.2. The van der Waals surface area contributed by atoms with Gasteiger partial charge in [0.25, 0.3) is 5.56 Å². The van der Waals surface area contributed by atoms with E-state index in [1.807, 2.05) is 0 Å². The van der Waals surface area contributed by atoms with Gasteiger partial charge in [-0.25, -0.2) is 18.2 Å². The van der Waals surface area contributed by atoms with Gasteiger partial charge in [0, 0.05) is 17.0 Å². The minimum atomic E-state index is -0.789. The molecule has 2 aromatic carbocycles. The third-order valence-electron chi connectivity index (χ3n) is 3.88. The minimum Gasteiger partial charge on any atom is -0.335 e. The SMILES string of the molecule is O=c1[nH]ccc2nc(Nc3c(F)cccc3F)c3ccc(F)cc3c12. The van der Waals surface area contributed by atoms with E-state index in [9.17, 15) is 18.0 Å². The van der Waals surface area contributed by atoms with E-state index in [2.05, 4.69) is 15.3 Å². The van der Waals surface area contributed by atoms with Crippen LogP contribution in [0.15, 0.2) is 53.5 Å². The van der Waals surface area contributed by atoms with Crippen LogP contribution in [0.1, 0.15) is 0 Å². The zero-order valence-electron chi connectivity index (χ0n) is 12.6. The average molecular weight is 341 g/mol. The quantitative estimate of drug-likeness (QED) is 0.536. The van der Waals surface area contributed by atoms with E-state index < -0.39 is 23.0 Å². The van der Waals surface area contributed by atoms with E-state index in [1.54, 1.807) is 0 Å². The Morgan fingerprint density at radius 1 is 0.960 bits per heavy atom. The van der Waals surface area contributed by atoms with E-state index in [0.717, 1.165) is 12.1 Å². The van der Waals surface area contributed by atoms with Crippen LogP contribution in [0.4, 0.5) is 24.7 Å². The van der Waals surface area contributed by atoms with Crippen LogP contribution in [-0.2, 0) is 0 Å². The van der Waals surface area contributed by atoms with E-state index in [0.29, 0.717) is 10.8 Å². The number of rotatable bonds is 2. The molecule has 7 heteroatoms. The van der Waals surface area contributed by atoms with Crippen molar-refractivity contribution in [2.45, 2.75) is 0 Å². The average Bonchev–Trinajstić information content (AvgIpc) is 2.58. The maximum Gasteiger partial charge on any atom is 0.258 e. The second-order valence-electron chi connectivity index (χ2n) is 5.44. The van der Waals surface area contributed by atoms with Gasteiger partial charge in [0.2, 0.25) is 0 Å². The Balaban J connectivity index is 2.05. The smallest absolute Gasteiger partial charge is 0.258 e. The molecule has 4 rings (SSSR count). The molecule has 0 atom stereocenters. The van der Waals surface area contributed by atoms with Crippen molar-refractivity contribution >= 4 is 33.2 Å². The number of aromatic amines is 1. The molecule has 4 aromatic rings. The number of hydrogen-bond acceptors (Lipinski definition) is 3. The molecule has 0 radical (unpaired) electrons. The van der Waals surface area contributed by atoms with Gasteiger partial charge < -0.3 is 10.3 Å². The summed E-state index contributed by atoms with van der Waals surface area (Å²) >= 11 is 0. The molecule has 0 saturated heterocycles. The van der Waals surface area contributed by atoms with Gasteiger partial charge in [0.05, 0.1) is 10.9 Å². The highest BCUT2D eigenvalue weighted by Crippen LogP contribution is 2.31. The summed E-state index contributed by atoms with van der Waals surface area (Å²) in [5.74, 6) is -1.99. The Labute approximate surface area is 138 Å². The lowest BCUT2D eigenvalue weighted by Gasteiger charge is -2.12. The van der Waals surface area contributed by atoms with Crippen molar-refractivity contribution in [2.24, 2.45) is 0 Å². The number of halogens is 3. The molecule has 0 saturated carbocycles. The summed E-state index contributed by atoms with van der Waals surface area (Å²) in [5.41, 5.74) is -0.518. The van der Waals surface area contributed by atoms with E-state index in [-0.39, 0.29) is 22.4 Å². The van der Waals surface area contributed by atoms with Gasteiger partial charge in [0.15, 0.2) is 0 Å². The molecule has 2 aromatic heterocycles. The highest BCUT2D eigenvalue weighted by atomic mass is 19.1. The summed E-state index contributed by atoms with van der Waals surface area (Å²) in [4.78, 5) is 18.9. The van der Waals surface area contributed by atoms with Gasteiger partial charge in [-0.3, -0.25) is 4.79 Å². The number of anilines is 2. The fourth-order valence-corrected chi connectivity index (χ4v) is 2.76. The van der Waals surface area contributed by atoms with Crippen LogP contribution in [0.2, 0.25) is 0 Å². The first-order valence-corrected chi connectivity index (χ1v) is 7.36. The highest BCUT2D eigenvalue weighted by Gasteiger charge is 2.15. The van der Waals surface area contributed by atoms with Gasteiger partial charge in [-0.2, -0.15) is 0 Å². The number of H-pyrrole nitrogens is 1. The molecule has 2 heterocycles. The summed E-state index contributed by atoms with van der Waals surface area (Å²) in [6.07, 6.45) is 1.40. The Morgan fingerprint density at radius 2 is 1.72 bits per heavy atom. The van der Waals surface area contributed by atoms with Gasteiger partial charge in [0.1, 0.15) is 29.0 Å². The molecular weight excluding hydrogens is 331 g/mol. The lowest BCUT2D eigenvalue weighted by molar-refractivity contribution is 0.590. The summed E-state index contributed by atoms with van der Waals surface area (Å²) < 4.78 is 41.6. The van der Waals surface area contributed by atoms with Crippen LogP contribution in [0.25, 0.3) is 21.7 Å². The number of aromatic nitrogens is 2. The Hall–Kier alpha value is -3.35. The fourth-order valence-electron chi connectivity index (χ4n) is 2.76. The largest absolute Gasteiger partial charge is 0.335 e. The van der Waals surface area contributed by atoms with Crippen LogP contribution < -0.4 is 10.9 Å². The summed E-state index contributed by atoms with van der Waals surface area (Å²) in [6, 6.07) is 8.79. The Morgan fingerprint density at radius 3 is 2.48 bits per heavy atom. The Bertz CT molecular complexity index is 1170. The second kappa shape index (κ2) is 5.62. The molecule has 25 heavy (non-hydrogen) atoms. The van der Waals surface area contributed by atoms with Crippen LogP contribution in [0, 0.1) is 17.5 Å². The summed E-state index contributed by atoms with van der Waals surface area (Å²) in [7, 11) is 0. The first-order valence-electron chi connectivity index (χ1n) is 7.36. The zero-order valence-corrected chi connectivity index (χ0v) is 12.6. The molecular formula is C18H10F3N3O. The molecule has 0 aliphatic rings.